The fraction of sp³-hybridized carbons (Fsp3) is 0.241. The number of benzene rings is 3. The van der Waals surface area contributed by atoms with Crippen molar-refractivity contribution in [3.05, 3.63) is 96.6 Å². The number of carbonyl (C=O) groups excluding carboxylic acids is 1. The Morgan fingerprint density at radius 1 is 0.914 bits per heavy atom. The predicted octanol–water partition coefficient (Wildman–Crippen LogP) is 7.38. The van der Waals surface area contributed by atoms with E-state index >= 15 is 0 Å². The number of aromatic nitrogens is 2. The van der Waals surface area contributed by atoms with Crippen LogP contribution >= 0.6 is 23.4 Å². The lowest BCUT2D eigenvalue weighted by atomic mass is 10.0. The van der Waals surface area contributed by atoms with Crippen LogP contribution in [0.3, 0.4) is 0 Å². The van der Waals surface area contributed by atoms with Gasteiger partial charge in [0.2, 0.25) is 5.91 Å². The van der Waals surface area contributed by atoms with Crippen molar-refractivity contribution in [2.75, 3.05) is 12.3 Å². The van der Waals surface area contributed by atoms with Crippen LogP contribution in [0.1, 0.15) is 37.3 Å². The molecule has 0 bridgehead atoms. The van der Waals surface area contributed by atoms with Crippen LogP contribution in [0.5, 0.6) is 0 Å². The minimum atomic E-state index is -0.675. The van der Waals surface area contributed by atoms with Gasteiger partial charge in [-0.1, -0.05) is 103 Å². The number of thioether (sulfide) groups is 1. The number of nitrogens with one attached hydrogen (secondary N) is 1. The molecule has 0 spiro atoms. The third kappa shape index (κ3) is 6.16. The zero-order chi connectivity index (χ0) is 24.6. The Kier molecular flexibility index (Phi) is 8.67. The van der Waals surface area contributed by atoms with E-state index < -0.39 is 5.38 Å². The molecule has 1 aromatic heterocycles. The molecule has 0 radical (unpaired) electrons. The van der Waals surface area contributed by atoms with E-state index in [1.807, 2.05) is 54.6 Å². The number of rotatable bonds is 10. The Morgan fingerprint density at radius 3 is 2.09 bits per heavy atom. The van der Waals surface area contributed by atoms with E-state index in [1.165, 1.54) is 0 Å². The molecule has 1 N–H and O–H groups in total. The van der Waals surface area contributed by atoms with Gasteiger partial charge in [0.05, 0.1) is 11.4 Å². The summed E-state index contributed by atoms with van der Waals surface area (Å²) in [7, 11) is 0. The van der Waals surface area contributed by atoms with Gasteiger partial charge in [-0.15, -0.1) is 11.6 Å². The maximum absolute atomic E-state index is 12.4. The van der Waals surface area contributed by atoms with Crippen LogP contribution in [-0.4, -0.2) is 27.8 Å². The van der Waals surface area contributed by atoms with Gasteiger partial charge in [0.25, 0.3) is 0 Å². The van der Waals surface area contributed by atoms with Crippen molar-refractivity contribution in [3.63, 3.8) is 0 Å². The van der Waals surface area contributed by atoms with Gasteiger partial charge in [0.15, 0.2) is 5.16 Å². The van der Waals surface area contributed by atoms with Gasteiger partial charge in [0.1, 0.15) is 5.38 Å². The molecule has 4 aromatic rings. The minimum absolute atomic E-state index is 0.163. The van der Waals surface area contributed by atoms with Crippen molar-refractivity contribution < 1.29 is 4.79 Å². The number of hydrogen-bond acceptors (Lipinski definition) is 3. The van der Waals surface area contributed by atoms with E-state index in [9.17, 15) is 4.79 Å². The number of carbonyl (C=O) groups is 1. The molecule has 1 heterocycles. The summed E-state index contributed by atoms with van der Waals surface area (Å²) in [6.45, 7) is 4.95. The number of hydrogen-bond donors (Lipinski definition) is 1. The molecular weight excluding hydrogens is 474 g/mol. The Bertz CT molecular complexity index is 1230. The first-order chi connectivity index (χ1) is 17.1. The molecule has 0 saturated heterocycles. The van der Waals surface area contributed by atoms with Gasteiger partial charge in [-0.2, -0.15) is 0 Å². The predicted molar refractivity (Wildman–Crippen MR) is 147 cm³/mol. The highest BCUT2D eigenvalue weighted by atomic mass is 35.5. The van der Waals surface area contributed by atoms with Crippen LogP contribution in [0.15, 0.2) is 96.2 Å². The van der Waals surface area contributed by atoms with Crippen molar-refractivity contribution in [1.82, 2.24) is 14.9 Å². The second-order valence-electron chi connectivity index (χ2n) is 8.55. The molecule has 1 amide bonds. The van der Waals surface area contributed by atoms with Crippen molar-refractivity contribution in [2.45, 2.75) is 36.8 Å². The standard InChI is InChI=1S/C29H30ClN3OS/c1-21(2)33-27(24-17-10-5-11-18-24)26(23-15-8-4-9-16-23)32-29(33)35-20-12-19-31-28(34)25(30)22-13-6-3-7-14-22/h3-11,13-18,21,25H,12,19-20H2,1-2H3,(H,31,34). The quantitative estimate of drug-likeness (QED) is 0.139. The van der Waals surface area contributed by atoms with Gasteiger partial charge in [-0.3, -0.25) is 4.79 Å². The highest BCUT2D eigenvalue weighted by molar-refractivity contribution is 7.99. The molecule has 0 fully saturated rings. The van der Waals surface area contributed by atoms with Gasteiger partial charge in [0, 0.05) is 29.5 Å². The summed E-state index contributed by atoms with van der Waals surface area (Å²) in [6, 6.07) is 30.5. The topological polar surface area (TPSA) is 46.9 Å². The maximum Gasteiger partial charge on any atom is 0.242 e. The average molecular weight is 504 g/mol. The Hall–Kier alpha value is -3.02. The van der Waals surface area contributed by atoms with E-state index in [-0.39, 0.29) is 11.9 Å². The van der Waals surface area contributed by atoms with Crippen LogP contribution in [0.2, 0.25) is 0 Å². The zero-order valence-electron chi connectivity index (χ0n) is 20.0. The summed E-state index contributed by atoms with van der Waals surface area (Å²) in [5.74, 6) is 0.675. The first-order valence-electron chi connectivity index (χ1n) is 11.9. The fourth-order valence-electron chi connectivity index (χ4n) is 3.97. The van der Waals surface area contributed by atoms with Gasteiger partial charge < -0.3 is 9.88 Å². The number of alkyl halides is 1. The second kappa shape index (κ2) is 12.1. The SMILES string of the molecule is CC(C)n1c(SCCCNC(=O)C(Cl)c2ccccc2)nc(-c2ccccc2)c1-c1ccccc1. The van der Waals surface area contributed by atoms with E-state index in [0.717, 1.165) is 45.4 Å². The van der Waals surface area contributed by atoms with E-state index in [2.05, 4.69) is 60.1 Å². The zero-order valence-corrected chi connectivity index (χ0v) is 21.6. The fourth-order valence-corrected chi connectivity index (χ4v) is 5.26. The van der Waals surface area contributed by atoms with E-state index in [0.29, 0.717) is 6.54 Å². The van der Waals surface area contributed by atoms with Crippen LogP contribution < -0.4 is 5.32 Å². The number of imidazole rings is 1. The van der Waals surface area contributed by atoms with Crippen LogP contribution in [0.25, 0.3) is 22.5 Å². The lowest BCUT2D eigenvalue weighted by Crippen LogP contribution is -2.28. The van der Waals surface area contributed by atoms with E-state index in [4.69, 9.17) is 16.6 Å². The molecule has 6 heteroatoms. The van der Waals surface area contributed by atoms with Crippen LogP contribution in [0, 0.1) is 0 Å². The number of nitrogens with zero attached hydrogens (tertiary/aromatic N) is 2. The molecule has 3 aromatic carbocycles. The Balaban J connectivity index is 1.47. The average Bonchev–Trinajstić information content (AvgIpc) is 3.29. The van der Waals surface area contributed by atoms with Crippen LogP contribution in [-0.2, 0) is 4.79 Å². The van der Waals surface area contributed by atoms with Gasteiger partial charge >= 0.3 is 0 Å². The highest BCUT2D eigenvalue weighted by Gasteiger charge is 2.22. The summed E-state index contributed by atoms with van der Waals surface area (Å²) in [6.07, 6.45) is 0.821. The second-order valence-corrected chi connectivity index (χ2v) is 10.1. The van der Waals surface area contributed by atoms with Crippen molar-refractivity contribution >= 4 is 29.3 Å². The van der Waals surface area contributed by atoms with Gasteiger partial charge in [-0.05, 0) is 25.8 Å². The summed E-state index contributed by atoms with van der Waals surface area (Å²) >= 11 is 8.05. The first kappa shape index (κ1) is 25.1. The Labute approximate surface area is 216 Å². The molecule has 4 nitrogen and oxygen atoms in total. The highest BCUT2D eigenvalue weighted by Crippen LogP contribution is 2.38. The summed E-state index contributed by atoms with van der Waals surface area (Å²) < 4.78 is 2.32. The first-order valence-corrected chi connectivity index (χ1v) is 13.3. The molecule has 0 aliphatic carbocycles. The monoisotopic (exact) mass is 503 g/mol. The molecule has 1 atom stereocenters. The molecule has 0 aliphatic rings. The molecule has 180 valence electrons. The number of amides is 1. The summed E-state index contributed by atoms with van der Waals surface area (Å²) in [4.78, 5) is 17.5. The molecular formula is C29H30ClN3OS. The largest absolute Gasteiger partial charge is 0.354 e. The lowest BCUT2D eigenvalue weighted by molar-refractivity contribution is -0.120. The molecule has 1 unspecified atom stereocenters. The molecule has 0 saturated carbocycles. The Morgan fingerprint density at radius 2 is 1.49 bits per heavy atom. The van der Waals surface area contributed by atoms with Crippen LogP contribution in [0.4, 0.5) is 0 Å². The molecule has 0 aliphatic heterocycles. The molecule has 35 heavy (non-hydrogen) atoms. The van der Waals surface area contributed by atoms with Crippen molar-refractivity contribution in [1.29, 1.82) is 0 Å². The lowest BCUT2D eigenvalue weighted by Gasteiger charge is -2.16. The van der Waals surface area contributed by atoms with Crippen molar-refractivity contribution in [2.24, 2.45) is 0 Å². The third-order valence-electron chi connectivity index (χ3n) is 5.66. The molecule has 4 rings (SSSR count). The van der Waals surface area contributed by atoms with Crippen molar-refractivity contribution in [3.8, 4) is 22.5 Å². The summed E-state index contributed by atoms with van der Waals surface area (Å²) in [5.41, 5.74) is 5.20. The maximum atomic E-state index is 12.4. The third-order valence-corrected chi connectivity index (χ3v) is 7.15. The normalized spacial score (nSPS) is 12.0. The minimum Gasteiger partial charge on any atom is -0.354 e. The smallest absolute Gasteiger partial charge is 0.242 e. The summed E-state index contributed by atoms with van der Waals surface area (Å²) in [5, 5.41) is 3.28. The number of halogens is 1. The van der Waals surface area contributed by atoms with Gasteiger partial charge in [-0.25, -0.2) is 4.98 Å². The van der Waals surface area contributed by atoms with E-state index in [1.54, 1.807) is 11.8 Å².